The molecule has 3 aromatic rings. The number of nitrogens with zero attached hydrogens (tertiary/aromatic N) is 4. The molecule has 0 atom stereocenters. The molecule has 2 aromatic heterocycles. The molecule has 132 valence electrons. The highest BCUT2D eigenvalue weighted by Crippen LogP contribution is 2.21. The fourth-order valence-corrected chi connectivity index (χ4v) is 3.35. The normalized spacial score (nSPS) is 11.3. The van der Waals surface area contributed by atoms with Gasteiger partial charge in [-0.3, -0.25) is 14.3 Å². The fourth-order valence-electron chi connectivity index (χ4n) is 3.35. The quantitative estimate of drug-likeness (QED) is 0.693. The van der Waals surface area contributed by atoms with Crippen LogP contribution in [0.1, 0.15) is 32.4 Å². The van der Waals surface area contributed by atoms with Gasteiger partial charge in [0.1, 0.15) is 6.54 Å². The van der Waals surface area contributed by atoms with Crippen molar-refractivity contribution in [1.29, 1.82) is 0 Å². The zero-order valence-electron chi connectivity index (χ0n) is 15.0. The molecule has 6 heteroatoms. The van der Waals surface area contributed by atoms with Gasteiger partial charge < -0.3 is 4.90 Å². The zero-order chi connectivity index (χ0) is 18.0. The monoisotopic (exact) mass is 340 g/mol. The number of hydrogen-bond donors (Lipinski definition) is 0. The molecule has 1 aromatic carbocycles. The van der Waals surface area contributed by atoms with Crippen LogP contribution >= 0.6 is 0 Å². The molecule has 0 spiro atoms. The average molecular weight is 340 g/mol. The Morgan fingerprint density at radius 2 is 1.84 bits per heavy atom. The number of rotatable bonds is 6. The minimum atomic E-state index is -0.259. The summed E-state index contributed by atoms with van der Waals surface area (Å²) in [6, 6.07) is 9.26. The molecular formula is C19H24N4O2. The van der Waals surface area contributed by atoms with Crippen LogP contribution in [0.2, 0.25) is 0 Å². The Morgan fingerprint density at radius 1 is 1.16 bits per heavy atom. The van der Waals surface area contributed by atoms with E-state index in [9.17, 15) is 9.59 Å². The van der Waals surface area contributed by atoms with Gasteiger partial charge in [0.2, 0.25) is 5.91 Å². The van der Waals surface area contributed by atoms with Gasteiger partial charge in [-0.15, -0.1) is 0 Å². The van der Waals surface area contributed by atoms with Gasteiger partial charge in [0.05, 0.1) is 5.52 Å². The second-order valence-corrected chi connectivity index (χ2v) is 6.33. The molecule has 0 aliphatic heterocycles. The summed E-state index contributed by atoms with van der Waals surface area (Å²) in [5, 5.41) is 0.883. The van der Waals surface area contributed by atoms with Crippen LogP contribution < -0.4 is 5.56 Å². The molecule has 3 rings (SSSR count). The first kappa shape index (κ1) is 17.2. The first-order valence-corrected chi connectivity index (χ1v) is 8.82. The van der Waals surface area contributed by atoms with Crippen LogP contribution in [0.3, 0.4) is 0 Å². The van der Waals surface area contributed by atoms with Crippen molar-refractivity contribution >= 4 is 22.5 Å². The van der Waals surface area contributed by atoms with Gasteiger partial charge in [0, 0.05) is 30.2 Å². The van der Waals surface area contributed by atoms with Gasteiger partial charge in [-0.1, -0.05) is 26.0 Å². The van der Waals surface area contributed by atoms with Gasteiger partial charge in [-0.2, -0.15) is 4.98 Å². The minimum absolute atomic E-state index is 0.0875. The third-order valence-corrected chi connectivity index (χ3v) is 4.37. The molecule has 0 saturated heterocycles. The van der Waals surface area contributed by atoms with E-state index in [1.54, 1.807) is 0 Å². The summed E-state index contributed by atoms with van der Waals surface area (Å²) in [5.74, 6) is 0.0875. The van der Waals surface area contributed by atoms with Crippen LogP contribution in [0.5, 0.6) is 0 Å². The maximum atomic E-state index is 12.9. The Morgan fingerprint density at radius 3 is 2.52 bits per heavy atom. The number of aromatic nitrogens is 3. The summed E-state index contributed by atoms with van der Waals surface area (Å²) in [7, 11) is 0. The predicted molar refractivity (Wildman–Crippen MR) is 98.9 cm³/mol. The van der Waals surface area contributed by atoms with Crippen LogP contribution in [-0.4, -0.2) is 38.1 Å². The van der Waals surface area contributed by atoms with Crippen molar-refractivity contribution in [2.45, 2.75) is 40.2 Å². The number of carbonyl (C=O) groups is 1. The molecule has 25 heavy (non-hydrogen) atoms. The van der Waals surface area contributed by atoms with Gasteiger partial charge in [-0.25, -0.2) is 4.52 Å². The summed E-state index contributed by atoms with van der Waals surface area (Å²) >= 11 is 0. The number of fused-ring (bicyclic) bond motifs is 3. The van der Waals surface area contributed by atoms with Crippen LogP contribution in [0.4, 0.5) is 0 Å². The zero-order valence-corrected chi connectivity index (χ0v) is 15.0. The number of para-hydroxylation sites is 1. The van der Waals surface area contributed by atoms with Crippen LogP contribution in [0.25, 0.3) is 16.6 Å². The largest absolute Gasteiger partial charge is 0.341 e. The van der Waals surface area contributed by atoms with E-state index >= 15 is 0 Å². The first-order valence-electron chi connectivity index (χ1n) is 8.82. The molecule has 0 fully saturated rings. The lowest BCUT2D eigenvalue weighted by atomic mass is 10.2. The highest BCUT2D eigenvalue weighted by Gasteiger charge is 2.18. The summed E-state index contributed by atoms with van der Waals surface area (Å²) in [6.07, 6.45) is 1.87. The highest BCUT2D eigenvalue weighted by molar-refractivity contribution is 5.93. The third-order valence-electron chi connectivity index (χ3n) is 4.37. The Kier molecular flexibility index (Phi) is 4.88. The molecule has 0 aliphatic rings. The van der Waals surface area contributed by atoms with E-state index in [0.29, 0.717) is 5.65 Å². The van der Waals surface area contributed by atoms with Gasteiger partial charge in [-0.05, 0) is 31.9 Å². The molecule has 1 amide bonds. The molecule has 0 radical (unpaired) electrons. The summed E-state index contributed by atoms with van der Waals surface area (Å²) < 4.78 is 3.80. The second-order valence-electron chi connectivity index (χ2n) is 6.33. The lowest BCUT2D eigenvalue weighted by molar-refractivity contribution is -0.132. The summed E-state index contributed by atoms with van der Waals surface area (Å²) in [5.41, 5.74) is 2.03. The lowest BCUT2D eigenvalue weighted by Gasteiger charge is -2.22. The Bertz CT molecular complexity index is 965. The molecule has 0 unspecified atom stereocenters. The van der Waals surface area contributed by atoms with Crippen molar-refractivity contribution in [3.63, 3.8) is 0 Å². The molecule has 0 bridgehead atoms. The lowest BCUT2D eigenvalue weighted by Crippen LogP contribution is -2.36. The highest BCUT2D eigenvalue weighted by atomic mass is 16.2. The molecule has 0 N–H and O–H groups in total. The van der Waals surface area contributed by atoms with E-state index in [2.05, 4.69) is 18.8 Å². The average Bonchev–Trinajstić information content (AvgIpc) is 2.89. The second kappa shape index (κ2) is 7.09. The van der Waals surface area contributed by atoms with Crippen LogP contribution in [-0.2, 0) is 11.3 Å². The molecule has 6 nitrogen and oxygen atoms in total. The predicted octanol–water partition coefficient (Wildman–Crippen LogP) is 2.61. The van der Waals surface area contributed by atoms with E-state index in [1.807, 2.05) is 45.3 Å². The van der Waals surface area contributed by atoms with Crippen molar-refractivity contribution in [2.24, 2.45) is 0 Å². The van der Waals surface area contributed by atoms with E-state index in [-0.39, 0.29) is 18.0 Å². The van der Waals surface area contributed by atoms with Crippen molar-refractivity contribution < 1.29 is 4.79 Å². The topological polar surface area (TPSA) is 59.6 Å². The number of benzene rings is 1. The van der Waals surface area contributed by atoms with Gasteiger partial charge >= 0.3 is 0 Å². The molecule has 0 aliphatic carbocycles. The van der Waals surface area contributed by atoms with E-state index in [4.69, 9.17) is 0 Å². The Hall–Kier alpha value is -2.63. The molecule has 0 saturated carbocycles. The first-order chi connectivity index (χ1) is 12.1. The smallest absolute Gasteiger partial charge is 0.273 e. The molecule has 2 heterocycles. The van der Waals surface area contributed by atoms with E-state index in [1.165, 1.54) is 6.07 Å². The van der Waals surface area contributed by atoms with E-state index in [0.717, 1.165) is 42.5 Å². The minimum Gasteiger partial charge on any atom is -0.341 e. The number of amides is 1. The van der Waals surface area contributed by atoms with Gasteiger partial charge in [0.25, 0.3) is 5.56 Å². The standard InChI is InChI=1S/C19H24N4O2/c1-4-10-21(11-5-2)18(25)13-22-16-9-7-6-8-15(16)19-20-17(24)12-14(3)23(19)22/h6-9,12H,4-5,10-11,13H2,1-3H3. The number of carbonyl (C=O) groups excluding carboxylic acids is 1. The maximum absolute atomic E-state index is 12.9. The van der Waals surface area contributed by atoms with Crippen molar-refractivity contribution in [2.75, 3.05) is 13.1 Å². The van der Waals surface area contributed by atoms with Crippen LogP contribution in [0, 0.1) is 6.92 Å². The van der Waals surface area contributed by atoms with Crippen molar-refractivity contribution in [3.8, 4) is 0 Å². The number of hydrogen-bond acceptors (Lipinski definition) is 3. The van der Waals surface area contributed by atoms with E-state index < -0.39 is 0 Å². The third kappa shape index (κ3) is 3.16. The summed E-state index contributed by atoms with van der Waals surface area (Å²) in [4.78, 5) is 30.8. The van der Waals surface area contributed by atoms with Gasteiger partial charge in [0.15, 0.2) is 5.65 Å². The Labute approximate surface area is 146 Å². The Balaban J connectivity index is 2.14. The van der Waals surface area contributed by atoms with Crippen molar-refractivity contribution in [3.05, 3.63) is 46.4 Å². The van der Waals surface area contributed by atoms with Crippen LogP contribution in [0.15, 0.2) is 35.1 Å². The SMILES string of the molecule is CCCN(CCC)C(=O)Cn1c2ccccc2c2nc(=O)cc(C)n21. The summed E-state index contributed by atoms with van der Waals surface area (Å²) in [6.45, 7) is 7.78. The fraction of sp³-hybridized carbons (Fsp3) is 0.421. The maximum Gasteiger partial charge on any atom is 0.273 e. The molecular weight excluding hydrogens is 316 g/mol. The number of aryl methyl sites for hydroxylation is 1. The van der Waals surface area contributed by atoms with Crippen molar-refractivity contribution in [1.82, 2.24) is 19.1 Å².